The zero-order valence-corrected chi connectivity index (χ0v) is 18.2. The van der Waals surface area contributed by atoms with E-state index in [1.807, 2.05) is 44.2 Å². The van der Waals surface area contributed by atoms with Gasteiger partial charge in [0.15, 0.2) is 5.96 Å². The highest BCUT2D eigenvalue weighted by Gasteiger charge is 2.16. The number of nitrogens with one attached hydrogen (secondary N) is 3. The Balaban J connectivity index is 2.18. The third-order valence-corrected chi connectivity index (χ3v) is 4.57. The summed E-state index contributed by atoms with van der Waals surface area (Å²) in [6.07, 6.45) is 4.68. The number of benzene rings is 1. The minimum Gasteiger partial charge on any atom is -0.370 e. The van der Waals surface area contributed by atoms with Gasteiger partial charge in [0.05, 0.1) is 17.2 Å². The standard InChI is InChI=1S/C22H33N7O/c1-5-10-26-22(24)28-17(6-2)9-11-25-20-18(21(30)27-15(4)23)13-16-12-14(3)7-8-19(16)29-20/h5,7-8,10,12-13,15,17H,6,9,11,23H2,1-4H3,(H,25,29)(H,27,30)(H3,24,26,28)/b10-5-. The van der Waals surface area contributed by atoms with Gasteiger partial charge in [0, 0.05) is 24.2 Å². The molecule has 0 radical (unpaired) electrons. The first kappa shape index (κ1) is 23.2. The van der Waals surface area contributed by atoms with Crippen LogP contribution in [0.2, 0.25) is 0 Å². The van der Waals surface area contributed by atoms with Crippen molar-refractivity contribution < 1.29 is 4.79 Å². The fourth-order valence-electron chi connectivity index (χ4n) is 3.03. The van der Waals surface area contributed by atoms with Gasteiger partial charge in [-0.05, 0) is 51.8 Å². The van der Waals surface area contributed by atoms with Crippen molar-refractivity contribution in [1.82, 2.24) is 15.6 Å². The van der Waals surface area contributed by atoms with Gasteiger partial charge < -0.3 is 27.4 Å². The smallest absolute Gasteiger partial charge is 0.256 e. The van der Waals surface area contributed by atoms with Crippen LogP contribution >= 0.6 is 0 Å². The molecule has 0 saturated carbocycles. The van der Waals surface area contributed by atoms with E-state index in [0.29, 0.717) is 23.9 Å². The number of carbonyl (C=O) groups excluding carboxylic acids is 1. The number of anilines is 1. The molecule has 30 heavy (non-hydrogen) atoms. The lowest BCUT2D eigenvalue weighted by atomic mass is 10.1. The van der Waals surface area contributed by atoms with Gasteiger partial charge in [0.1, 0.15) is 5.82 Å². The number of aliphatic imine (C=N–C) groups is 1. The molecule has 8 nitrogen and oxygen atoms in total. The zero-order valence-electron chi connectivity index (χ0n) is 18.2. The summed E-state index contributed by atoms with van der Waals surface area (Å²) in [5, 5.41) is 10.2. The highest BCUT2D eigenvalue weighted by Crippen LogP contribution is 2.22. The maximum absolute atomic E-state index is 12.7. The average molecular weight is 412 g/mol. The van der Waals surface area contributed by atoms with Crippen molar-refractivity contribution in [3.63, 3.8) is 0 Å². The maximum Gasteiger partial charge on any atom is 0.256 e. The Labute approximate surface area is 178 Å². The average Bonchev–Trinajstić information content (AvgIpc) is 2.70. The van der Waals surface area contributed by atoms with Crippen LogP contribution in [0.4, 0.5) is 5.82 Å². The van der Waals surface area contributed by atoms with Crippen LogP contribution in [-0.2, 0) is 0 Å². The SMILES string of the molecule is C/C=C\N=C(/N)NC(CC)CCNc1nc2ccc(C)cc2cc1C(=O)NC(C)N. The normalized spacial score (nSPS) is 14.0. The first-order valence-corrected chi connectivity index (χ1v) is 10.3. The molecule has 0 bridgehead atoms. The fourth-order valence-corrected chi connectivity index (χ4v) is 3.03. The van der Waals surface area contributed by atoms with Gasteiger partial charge in [-0.15, -0.1) is 0 Å². The molecule has 0 aliphatic heterocycles. The number of hydrogen-bond donors (Lipinski definition) is 5. The molecule has 0 spiro atoms. The molecule has 0 aliphatic carbocycles. The number of hydrogen-bond acceptors (Lipinski definition) is 5. The number of rotatable bonds is 9. The molecular weight excluding hydrogens is 378 g/mol. The van der Waals surface area contributed by atoms with Crippen LogP contribution in [-0.4, -0.2) is 35.6 Å². The topological polar surface area (TPSA) is 130 Å². The number of carbonyl (C=O) groups is 1. The van der Waals surface area contributed by atoms with Crippen LogP contribution in [0.3, 0.4) is 0 Å². The maximum atomic E-state index is 12.7. The third-order valence-electron chi connectivity index (χ3n) is 4.57. The summed E-state index contributed by atoms with van der Waals surface area (Å²) >= 11 is 0. The third kappa shape index (κ3) is 6.73. The Kier molecular flexibility index (Phi) is 8.61. The Morgan fingerprint density at radius 1 is 1.30 bits per heavy atom. The Morgan fingerprint density at radius 2 is 2.07 bits per heavy atom. The van der Waals surface area contributed by atoms with E-state index in [1.165, 1.54) is 0 Å². The number of amides is 1. The van der Waals surface area contributed by atoms with Crippen LogP contribution in [0.25, 0.3) is 10.9 Å². The molecule has 2 aromatic rings. The molecule has 0 saturated heterocycles. The van der Waals surface area contributed by atoms with E-state index in [4.69, 9.17) is 11.5 Å². The van der Waals surface area contributed by atoms with Gasteiger partial charge in [-0.3, -0.25) is 4.79 Å². The molecular formula is C22H33N7O. The lowest BCUT2D eigenvalue weighted by Crippen LogP contribution is -2.40. The lowest BCUT2D eigenvalue weighted by molar-refractivity contribution is 0.0942. The zero-order chi connectivity index (χ0) is 22.1. The number of allylic oxidation sites excluding steroid dienone is 1. The Bertz CT molecular complexity index is 921. The van der Waals surface area contributed by atoms with Gasteiger partial charge in [-0.2, -0.15) is 0 Å². The molecule has 2 rings (SSSR count). The van der Waals surface area contributed by atoms with E-state index in [0.717, 1.165) is 29.3 Å². The van der Waals surface area contributed by atoms with Crippen LogP contribution in [0.5, 0.6) is 0 Å². The van der Waals surface area contributed by atoms with E-state index >= 15 is 0 Å². The fraction of sp³-hybridized carbons (Fsp3) is 0.409. The molecule has 2 unspecified atom stereocenters. The van der Waals surface area contributed by atoms with Crippen LogP contribution in [0, 0.1) is 6.92 Å². The van der Waals surface area contributed by atoms with Crippen LogP contribution in [0.1, 0.15) is 49.5 Å². The highest BCUT2D eigenvalue weighted by atomic mass is 16.1. The molecule has 8 heteroatoms. The van der Waals surface area contributed by atoms with Crippen molar-refractivity contribution in [2.24, 2.45) is 16.5 Å². The van der Waals surface area contributed by atoms with E-state index in [9.17, 15) is 4.79 Å². The molecule has 162 valence electrons. The second-order valence-corrected chi connectivity index (χ2v) is 7.30. The first-order valence-electron chi connectivity index (χ1n) is 10.3. The van der Waals surface area contributed by atoms with Gasteiger partial charge in [0.25, 0.3) is 5.91 Å². The minimum atomic E-state index is -0.452. The molecule has 1 aromatic carbocycles. The predicted octanol–water partition coefficient (Wildman–Crippen LogP) is 2.60. The second kappa shape index (κ2) is 11.2. The number of aromatic nitrogens is 1. The largest absolute Gasteiger partial charge is 0.370 e. The summed E-state index contributed by atoms with van der Waals surface area (Å²) in [6, 6.07) is 7.98. The highest BCUT2D eigenvalue weighted by molar-refractivity contribution is 6.02. The van der Waals surface area contributed by atoms with E-state index in [1.54, 1.807) is 13.1 Å². The lowest BCUT2D eigenvalue weighted by Gasteiger charge is -2.19. The van der Waals surface area contributed by atoms with E-state index in [-0.39, 0.29) is 11.9 Å². The molecule has 7 N–H and O–H groups in total. The molecule has 0 fully saturated rings. The van der Waals surface area contributed by atoms with Crippen molar-refractivity contribution in [3.8, 4) is 0 Å². The summed E-state index contributed by atoms with van der Waals surface area (Å²) in [6.45, 7) is 8.32. The van der Waals surface area contributed by atoms with Gasteiger partial charge in [-0.1, -0.05) is 24.6 Å². The number of aryl methyl sites for hydroxylation is 1. The summed E-state index contributed by atoms with van der Waals surface area (Å²) in [5.74, 6) is 0.669. The number of nitrogens with zero attached hydrogens (tertiary/aromatic N) is 2. The first-order chi connectivity index (χ1) is 14.3. The van der Waals surface area contributed by atoms with Gasteiger partial charge >= 0.3 is 0 Å². The number of pyridine rings is 1. The summed E-state index contributed by atoms with van der Waals surface area (Å²) < 4.78 is 0. The summed E-state index contributed by atoms with van der Waals surface area (Å²) in [5.41, 5.74) is 14.1. The summed E-state index contributed by atoms with van der Waals surface area (Å²) in [7, 11) is 0. The van der Waals surface area contributed by atoms with Crippen molar-refractivity contribution in [1.29, 1.82) is 0 Å². The number of nitrogens with two attached hydrogens (primary N) is 2. The van der Waals surface area contributed by atoms with Crippen molar-refractivity contribution in [3.05, 3.63) is 47.7 Å². The Morgan fingerprint density at radius 3 is 2.73 bits per heavy atom. The van der Waals surface area contributed by atoms with Crippen LogP contribution < -0.4 is 27.4 Å². The number of fused-ring (bicyclic) bond motifs is 1. The second-order valence-electron chi connectivity index (χ2n) is 7.30. The van der Waals surface area contributed by atoms with Crippen molar-refractivity contribution in [2.75, 3.05) is 11.9 Å². The minimum absolute atomic E-state index is 0.149. The van der Waals surface area contributed by atoms with Gasteiger partial charge in [0.2, 0.25) is 0 Å². The van der Waals surface area contributed by atoms with Crippen LogP contribution in [0.15, 0.2) is 41.5 Å². The molecule has 1 aromatic heterocycles. The summed E-state index contributed by atoms with van der Waals surface area (Å²) in [4.78, 5) is 21.5. The number of guanidine groups is 1. The van der Waals surface area contributed by atoms with E-state index < -0.39 is 6.17 Å². The van der Waals surface area contributed by atoms with Gasteiger partial charge in [-0.25, -0.2) is 9.98 Å². The van der Waals surface area contributed by atoms with Crippen molar-refractivity contribution in [2.45, 2.75) is 52.7 Å². The van der Waals surface area contributed by atoms with E-state index in [2.05, 4.69) is 32.9 Å². The Hall–Kier alpha value is -3.13. The predicted molar refractivity (Wildman–Crippen MR) is 124 cm³/mol. The molecule has 1 heterocycles. The molecule has 1 amide bonds. The molecule has 2 atom stereocenters. The van der Waals surface area contributed by atoms with Crippen molar-refractivity contribution >= 4 is 28.6 Å². The quantitative estimate of drug-likeness (QED) is 0.245. The molecule has 0 aliphatic rings. The monoisotopic (exact) mass is 411 g/mol.